The molecule has 0 unspecified atom stereocenters. The number of rotatable bonds is 9. The van der Waals surface area contributed by atoms with Crippen LogP contribution in [0.3, 0.4) is 0 Å². The smallest absolute Gasteiger partial charge is 0.303 e. The van der Waals surface area contributed by atoms with Crippen LogP contribution in [0.15, 0.2) is 47.4 Å². The van der Waals surface area contributed by atoms with Crippen LogP contribution < -0.4 is 4.72 Å². The molecular weight excluding hydrogens is 338 g/mol. The number of allylic oxidation sites excluding steroid dienone is 2. The van der Waals surface area contributed by atoms with Crippen molar-refractivity contribution in [3.63, 3.8) is 0 Å². The number of carboxylic acids is 1. The normalized spacial score (nSPS) is 28.2. The number of aliphatic carboxylic acids is 1. The average Bonchev–Trinajstić information content (AvgIpc) is 3.25. The minimum atomic E-state index is -3.47. The van der Waals surface area contributed by atoms with Crippen molar-refractivity contribution >= 4 is 16.0 Å². The molecule has 2 aliphatic rings. The lowest BCUT2D eigenvalue weighted by Crippen LogP contribution is -2.38. The van der Waals surface area contributed by atoms with Gasteiger partial charge in [-0.1, -0.05) is 30.4 Å². The van der Waals surface area contributed by atoms with Crippen molar-refractivity contribution in [1.29, 1.82) is 0 Å². The molecule has 0 heterocycles. The van der Waals surface area contributed by atoms with E-state index in [4.69, 9.17) is 5.11 Å². The summed E-state index contributed by atoms with van der Waals surface area (Å²) in [6.45, 7) is 0. The van der Waals surface area contributed by atoms with Crippen LogP contribution in [0.25, 0.3) is 0 Å². The maximum atomic E-state index is 12.5. The molecule has 1 aromatic carbocycles. The van der Waals surface area contributed by atoms with E-state index in [1.165, 1.54) is 6.42 Å². The van der Waals surface area contributed by atoms with Gasteiger partial charge in [-0.05, 0) is 62.0 Å². The molecule has 0 radical (unpaired) electrons. The molecule has 6 heteroatoms. The quantitative estimate of drug-likeness (QED) is 0.521. The van der Waals surface area contributed by atoms with E-state index in [9.17, 15) is 13.2 Å². The number of sulfonamides is 1. The molecule has 0 aliphatic heterocycles. The summed E-state index contributed by atoms with van der Waals surface area (Å²) in [6.07, 6.45) is 8.71. The molecule has 5 nitrogen and oxygen atoms in total. The van der Waals surface area contributed by atoms with Gasteiger partial charge in [-0.15, -0.1) is 0 Å². The molecule has 3 rings (SSSR count). The van der Waals surface area contributed by atoms with Crippen LogP contribution in [0.2, 0.25) is 0 Å². The fourth-order valence-corrected chi connectivity index (χ4v) is 5.27. The van der Waals surface area contributed by atoms with Crippen LogP contribution in [0.5, 0.6) is 0 Å². The predicted molar refractivity (Wildman–Crippen MR) is 95.5 cm³/mol. The summed E-state index contributed by atoms with van der Waals surface area (Å²) in [5.74, 6) is 0.876. The number of unbranched alkanes of at least 4 members (excludes halogenated alkanes) is 1. The highest BCUT2D eigenvalue weighted by Crippen LogP contribution is 2.56. The maximum absolute atomic E-state index is 12.5. The Morgan fingerprint density at radius 3 is 2.68 bits per heavy atom. The zero-order valence-electron chi connectivity index (χ0n) is 14.2. The van der Waals surface area contributed by atoms with Crippen LogP contribution in [0.1, 0.15) is 38.5 Å². The molecule has 1 aromatic rings. The molecule has 4 atom stereocenters. The molecule has 0 aromatic heterocycles. The van der Waals surface area contributed by atoms with Gasteiger partial charge in [0.25, 0.3) is 0 Å². The highest BCUT2D eigenvalue weighted by Gasteiger charge is 2.53. The zero-order valence-corrected chi connectivity index (χ0v) is 15.0. The van der Waals surface area contributed by atoms with Gasteiger partial charge >= 0.3 is 5.97 Å². The zero-order chi connectivity index (χ0) is 17.9. The molecule has 0 saturated heterocycles. The summed E-state index contributed by atoms with van der Waals surface area (Å²) < 4.78 is 28.0. The fourth-order valence-electron chi connectivity index (χ4n) is 3.95. The molecule has 2 aliphatic carbocycles. The Morgan fingerprint density at radius 1 is 1.20 bits per heavy atom. The number of hydrogen-bond acceptors (Lipinski definition) is 3. The number of nitrogens with one attached hydrogen (secondary N) is 1. The second-order valence-corrected chi connectivity index (χ2v) is 8.81. The van der Waals surface area contributed by atoms with E-state index in [-0.39, 0.29) is 12.5 Å². The van der Waals surface area contributed by atoms with Crippen molar-refractivity contribution in [2.75, 3.05) is 0 Å². The van der Waals surface area contributed by atoms with Gasteiger partial charge in [-0.2, -0.15) is 0 Å². The van der Waals surface area contributed by atoms with Crippen LogP contribution >= 0.6 is 0 Å². The van der Waals surface area contributed by atoms with Crippen molar-refractivity contribution in [2.24, 2.45) is 17.8 Å². The monoisotopic (exact) mass is 363 g/mol. The van der Waals surface area contributed by atoms with E-state index in [1.54, 1.807) is 24.3 Å². The summed E-state index contributed by atoms with van der Waals surface area (Å²) in [4.78, 5) is 10.8. The molecule has 0 spiro atoms. The SMILES string of the molecule is O=C(O)CCC/C=C\C[C@H]1[C@H]2C[C@H]2C[C@H]1NS(=O)(=O)c1ccccc1. The summed E-state index contributed by atoms with van der Waals surface area (Å²) >= 11 is 0. The lowest BCUT2D eigenvalue weighted by atomic mass is 9.95. The highest BCUT2D eigenvalue weighted by atomic mass is 32.2. The lowest BCUT2D eigenvalue weighted by Gasteiger charge is -2.22. The Hall–Kier alpha value is -1.66. The van der Waals surface area contributed by atoms with Crippen LogP contribution in [0.4, 0.5) is 0 Å². The van der Waals surface area contributed by atoms with Gasteiger partial charge in [0.2, 0.25) is 10.0 Å². The first-order valence-corrected chi connectivity index (χ1v) is 10.4. The van der Waals surface area contributed by atoms with Crippen molar-refractivity contribution in [3.8, 4) is 0 Å². The van der Waals surface area contributed by atoms with Crippen LogP contribution in [0, 0.1) is 17.8 Å². The topological polar surface area (TPSA) is 83.5 Å². The summed E-state index contributed by atoms with van der Waals surface area (Å²) in [5, 5.41) is 8.63. The molecule has 25 heavy (non-hydrogen) atoms. The first kappa shape index (κ1) is 18.1. The maximum Gasteiger partial charge on any atom is 0.303 e. The van der Waals surface area contributed by atoms with Crippen LogP contribution in [-0.2, 0) is 14.8 Å². The van der Waals surface area contributed by atoms with Crippen molar-refractivity contribution in [1.82, 2.24) is 4.72 Å². The van der Waals surface area contributed by atoms with E-state index >= 15 is 0 Å². The Kier molecular flexibility index (Phi) is 5.59. The molecule has 136 valence electrons. The third-order valence-corrected chi connectivity index (χ3v) is 6.80. The Bertz CT molecular complexity index is 729. The molecule has 2 N–H and O–H groups in total. The molecule has 0 bridgehead atoms. The average molecular weight is 363 g/mol. The predicted octanol–water partition coefficient (Wildman–Crippen LogP) is 3.19. The van der Waals surface area contributed by atoms with Gasteiger partial charge in [0.1, 0.15) is 0 Å². The third-order valence-electron chi connectivity index (χ3n) is 5.30. The van der Waals surface area contributed by atoms with E-state index in [0.29, 0.717) is 29.1 Å². The standard InChI is InChI=1S/C19H25NO4S/c21-19(22)11-7-2-1-6-10-16-17-12-14(17)13-18(16)20-25(23,24)15-8-4-3-5-9-15/h1,3-6,8-9,14,16-18,20H,2,7,10-13H2,(H,21,22)/b6-1-/t14-,16-,17-,18+/m0/s1. The number of fused-ring (bicyclic) bond motifs is 1. The largest absolute Gasteiger partial charge is 0.481 e. The minimum Gasteiger partial charge on any atom is -0.481 e. The van der Waals surface area contributed by atoms with Gasteiger partial charge in [-0.25, -0.2) is 13.1 Å². The summed E-state index contributed by atoms with van der Waals surface area (Å²) in [7, 11) is -3.47. The highest BCUT2D eigenvalue weighted by molar-refractivity contribution is 7.89. The van der Waals surface area contributed by atoms with E-state index in [0.717, 1.165) is 19.3 Å². The third kappa shape index (κ3) is 4.70. The summed E-state index contributed by atoms with van der Waals surface area (Å²) in [5.41, 5.74) is 0. The Balaban J connectivity index is 1.55. The first-order valence-electron chi connectivity index (χ1n) is 8.91. The molecule has 2 fully saturated rings. The van der Waals surface area contributed by atoms with Gasteiger partial charge in [0.15, 0.2) is 0 Å². The summed E-state index contributed by atoms with van der Waals surface area (Å²) in [6, 6.07) is 8.51. The number of carboxylic acid groups (broad SMARTS) is 1. The number of hydrogen-bond donors (Lipinski definition) is 2. The van der Waals surface area contributed by atoms with E-state index in [2.05, 4.69) is 10.8 Å². The Labute approximate surface area is 149 Å². The van der Waals surface area contributed by atoms with Crippen molar-refractivity contribution in [2.45, 2.75) is 49.5 Å². The van der Waals surface area contributed by atoms with Gasteiger partial charge in [0.05, 0.1) is 4.90 Å². The second kappa shape index (κ2) is 7.70. The molecular formula is C19H25NO4S. The Morgan fingerprint density at radius 2 is 1.96 bits per heavy atom. The van der Waals surface area contributed by atoms with E-state index < -0.39 is 16.0 Å². The van der Waals surface area contributed by atoms with Crippen molar-refractivity contribution < 1.29 is 18.3 Å². The first-order chi connectivity index (χ1) is 12.0. The van der Waals surface area contributed by atoms with E-state index in [1.807, 2.05) is 12.1 Å². The molecule has 0 amide bonds. The lowest BCUT2D eigenvalue weighted by molar-refractivity contribution is -0.137. The van der Waals surface area contributed by atoms with Crippen molar-refractivity contribution in [3.05, 3.63) is 42.5 Å². The van der Waals surface area contributed by atoms with Gasteiger partial charge in [-0.3, -0.25) is 4.79 Å². The number of carbonyl (C=O) groups is 1. The minimum absolute atomic E-state index is 0.00220. The van der Waals surface area contributed by atoms with Gasteiger partial charge < -0.3 is 5.11 Å². The number of benzene rings is 1. The molecule has 2 saturated carbocycles. The van der Waals surface area contributed by atoms with Crippen LogP contribution in [-0.4, -0.2) is 25.5 Å². The van der Waals surface area contributed by atoms with Gasteiger partial charge in [0, 0.05) is 12.5 Å². The second-order valence-electron chi connectivity index (χ2n) is 7.09. The fraction of sp³-hybridized carbons (Fsp3) is 0.526.